The van der Waals surface area contributed by atoms with Gasteiger partial charge >= 0.3 is 0 Å². The second-order valence-electron chi connectivity index (χ2n) is 4.44. The van der Waals surface area contributed by atoms with Gasteiger partial charge in [0.15, 0.2) is 5.65 Å². The van der Waals surface area contributed by atoms with E-state index in [1.54, 1.807) is 0 Å². The number of fused-ring (bicyclic) bond motifs is 1. The molecule has 3 rings (SSSR count). The minimum Gasteiger partial charge on any atom is -0.364 e. The molecule has 17 heavy (non-hydrogen) atoms. The molecule has 2 heterocycles. The number of nitrogens with zero attached hydrogens (tertiary/aromatic N) is 5. The Morgan fingerprint density at radius 2 is 2.18 bits per heavy atom. The normalized spacial score (nSPS) is 25.0. The van der Waals surface area contributed by atoms with Crippen LogP contribution in [0.15, 0.2) is 12.1 Å². The molecule has 0 aromatic carbocycles. The minimum atomic E-state index is 0.204. The Morgan fingerprint density at radius 3 is 3.06 bits per heavy atom. The van der Waals surface area contributed by atoms with E-state index in [9.17, 15) is 0 Å². The number of nitrogens with one attached hydrogen (secondary N) is 1. The van der Waals surface area contributed by atoms with Gasteiger partial charge in [-0.2, -0.15) is 0 Å². The second kappa shape index (κ2) is 4.25. The van der Waals surface area contributed by atoms with Gasteiger partial charge in [0.2, 0.25) is 0 Å². The first-order chi connectivity index (χ1) is 8.33. The predicted molar refractivity (Wildman–Crippen MR) is 62.4 cm³/mol. The van der Waals surface area contributed by atoms with Crippen molar-refractivity contribution in [2.45, 2.75) is 37.8 Å². The summed E-state index contributed by atoms with van der Waals surface area (Å²) < 4.78 is 1.41. The standard InChI is InChI=1S/C10H15N7/c11-7-3-1-2-4-8(7)12-9-5-6-10-13-15-16-17(10)14-9/h5-8H,1-4,11H2,(H,12,14)/t7-,8-/m1/s1. The van der Waals surface area contributed by atoms with Crippen molar-refractivity contribution in [1.82, 2.24) is 25.3 Å². The first-order valence-electron chi connectivity index (χ1n) is 5.90. The molecule has 1 fully saturated rings. The maximum atomic E-state index is 6.08. The Bertz CT molecular complexity index is 508. The van der Waals surface area contributed by atoms with Crippen LogP contribution in [0.5, 0.6) is 0 Å². The van der Waals surface area contributed by atoms with Crippen molar-refractivity contribution in [2.75, 3.05) is 5.32 Å². The summed E-state index contributed by atoms with van der Waals surface area (Å²) in [6.07, 6.45) is 4.61. The van der Waals surface area contributed by atoms with E-state index in [1.165, 1.54) is 17.5 Å². The largest absolute Gasteiger partial charge is 0.364 e. The van der Waals surface area contributed by atoms with Crippen LogP contribution >= 0.6 is 0 Å². The van der Waals surface area contributed by atoms with E-state index in [2.05, 4.69) is 25.9 Å². The average Bonchev–Trinajstić information content (AvgIpc) is 2.79. The molecule has 0 bridgehead atoms. The third kappa shape index (κ3) is 2.05. The molecule has 7 heteroatoms. The van der Waals surface area contributed by atoms with Crippen LogP contribution in [0.25, 0.3) is 5.65 Å². The summed E-state index contributed by atoms with van der Waals surface area (Å²) in [4.78, 5) is 0. The van der Waals surface area contributed by atoms with Gasteiger partial charge in [0, 0.05) is 12.1 Å². The Kier molecular flexibility index (Phi) is 2.60. The lowest BCUT2D eigenvalue weighted by Crippen LogP contribution is -2.42. The summed E-state index contributed by atoms with van der Waals surface area (Å²) in [6.45, 7) is 0. The molecule has 2 aromatic rings. The molecule has 1 aliphatic rings. The zero-order valence-corrected chi connectivity index (χ0v) is 9.45. The highest BCUT2D eigenvalue weighted by atomic mass is 15.6. The van der Waals surface area contributed by atoms with E-state index in [0.29, 0.717) is 11.7 Å². The van der Waals surface area contributed by atoms with Gasteiger partial charge in [-0.05, 0) is 35.4 Å². The van der Waals surface area contributed by atoms with Gasteiger partial charge in [-0.1, -0.05) is 12.8 Å². The monoisotopic (exact) mass is 233 g/mol. The summed E-state index contributed by atoms with van der Waals surface area (Å²) in [7, 11) is 0. The number of tetrazole rings is 1. The molecule has 0 unspecified atom stereocenters. The van der Waals surface area contributed by atoms with Gasteiger partial charge in [0.1, 0.15) is 5.82 Å². The molecular formula is C10H15N7. The fraction of sp³-hybridized carbons (Fsp3) is 0.600. The zero-order chi connectivity index (χ0) is 11.7. The van der Waals surface area contributed by atoms with Crippen LogP contribution in [0, 0.1) is 0 Å². The van der Waals surface area contributed by atoms with Crippen LogP contribution in [-0.2, 0) is 0 Å². The fourth-order valence-electron chi connectivity index (χ4n) is 2.26. The second-order valence-corrected chi connectivity index (χ2v) is 4.44. The SMILES string of the molecule is N[C@@H]1CCCC[C@H]1Nc1ccc2nnnn2n1. The van der Waals surface area contributed by atoms with Crippen LogP contribution < -0.4 is 11.1 Å². The highest BCUT2D eigenvalue weighted by Crippen LogP contribution is 2.20. The lowest BCUT2D eigenvalue weighted by atomic mass is 9.91. The van der Waals surface area contributed by atoms with Crippen LogP contribution in [0.4, 0.5) is 5.82 Å². The molecule has 1 aliphatic carbocycles. The fourth-order valence-corrected chi connectivity index (χ4v) is 2.26. The molecule has 1 saturated carbocycles. The van der Waals surface area contributed by atoms with E-state index in [-0.39, 0.29) is 6.04 Å². The van der Waals surface area contributed by atoms with E-state index in [0.717, 1.165) is 18.7 Å². The number of nitrogens with two attached hydrogens (primary N) is 1. The maximum Gasteiger partial charge on any atom is 0.200 e. The molecule has 2 atom stereocenters. The Morgan fingerprint density at radius 1 is 1.29 bits per heavy atom. The summed E-state index contributed by atoms with van der Waals surface area (Å²) in [6, 6.07) is 4.22. The smallest absolute Gasteiger partial charge is 0.200 e. The van der Waals surface area contributed by atoms with E-state index in [1.807, 2.05) is 12.1 Å². The van der Waals surface area contributed by atoms with Crippen molar-refractivity contribution < 1.29 is 0 Å². The number of rotatable bonds is 2. The van der Waals surface area contributed by atoms with Crippen molar-refractivity contribution in [3.8, 4) is 0 Å². The average molecular weight is 233 g/mol. The van der Waals surface area contributed by atoms with E-state index >= 15 is 0 Å². The Hall–Kier alpha value is -1.76. The van der Waals surface area contributed by atoms with Crippen molar-refractivity contribution >= 4 is 11.5 Å². The number of aromatic nitrogens is 5. The maximum absolute atomic E-state index is 6.08. The molecule has 2 aromatic heterocycles. The molecule has 0 spiro atoms. The van der Waals surface area contributed by atoms with Gasteiger partial charge in [0.05, 0.1) is 0 Å². The summed E-state index contributed by atoms with van der Waals surface area (Å²) >= 11 is 0. The molecule has 0 saturated heterocycles. The van der Waals surface area contributed by atoms with Crippen molar-refractivity contribution in [3.63, 3.8) is 0 Å². The van der Waals surface area contributed by atoms with Gasteiger partial charge in [-0.25, -0.2) is 0 Å². The third-order valence-electron chi connectivity index (χ3n) is 3.22. The van der Waals surface area contributed by atoms with Gasteiger partial charge in [-0.3, -0.25) is 0 Å². The minimum absolute atomic E-state index is 0.204. The van der Waals surface area contributed by atoms with E-state index < -0.39 is 0 Å². The zero-order valence-electron chi connectivity index (χ0n) is 9.45. The first-order valence-corrected chi connectivity index (χ1v) is 5.90. The topological polar surface area (TPSA) is 94.0 Å². The highest BCUT2D eigenvalue weighted by molar-refractivity contribution is 5.42. The lowest BCUT2D eigenvalue weighted by Gasteiger charge is -2.29. The van der Waals surface area contributed by atoms with Gasteiger partial charge in [-0.15, -0.1) is 14.8 Å². The van der Waals surface area contributed by atoms with Crippen LogP contribution in [0.3, 0.4) is 0 Å². The lowest BCUT2D eigenvalue weighted by molar-refractivity contribution is 0.403. The van der Waals surface area contributed by atoms with Crippen LogP contribution in [0.1, 0.15) is 25.7 Å². The Balaban J connectivity index is 1.79. The predicted octanol–water partition coefficient (Wildman–Crippen LogP) is 0.201. The number of anilines is 1. The van der Waals surface area contributed by atoms with Gasteiger partial charge < -0.3 is 11.1 Å². The number of hydrogen-bond donors (Lipinski definition) is 2. The van der Waals surface area contributed by atoms with Crippen LogP contribution in [-0.4, -0.2) is 37.3 Å². The Labute approximate surface area is 98.4 Å². The van der Waals surface area contributed by atoms with Crippen molar-refractivity contribution in [3.05, 3.63) is 12.1 Å². The van der Waals surface area contributed by atoms with Gasteiger partial charge in [0.25, 0.3) is 0 Å². The van der Waals surface area contributed by atoms with E-state index in [4.69, 9.17) is 5.73 Å². The quantitative estimate of drug-likeness (QED) is 0.769. The molecule has 0 radical (unpaired) electrons. The molecule has 3 N–H and O–H groups in total. The highest BCUT2D eigenvalue weighted by Gasteiger charge is 2.21. The molecule has 0 amide bonds. The first kappa shape index (κ1) is 10.4. The molecule has 0 aliphatic heterocycles. The summed E-state index contributed by atoms with van der Waals surface area (Å²) in [5.41, 5.74) is 6.72. The molecular weight excluding hydrogens is 218 g/mol. The summed E-state index contributed by atoms with van der Waals surface area (Å²) in [5, 5.41) is 18.8. The molecule has 90 valence electrons. The van der Waals surface area contributed by atoms with Crippen LogP contribution in [0.2, 0.25) is 0 Å². The third-order valence-corrected chi connectivity index (χ3v) is 3.22. The van der Waals surface area contributed by atoms with Crippen molar-refractivity contribution in [2.24, 2.45) is 5.73 Å². The molecule has 7 nitrogen and oxygen atoms in total. The summed E-state index contributed by atoms with van der Waals surface area (Å²) in [5.74, 6) is 0.771. The number of hydrogen-bond acceptors (Lipinski definition) is 6. The van der Waals surface area contributed by atoms with Crippen molar-refractivity contribution in [1.29, 1.82) is 0 Å².